The van der Waals surface area contributed by atoms with E-state index in [0.29, 0.717) is 5.56 Å². The molecule has 0 unspecified atom stereocenters. The summed E-state index contributed by atoms with van der Waals surface area (Å²) in [4.78, 5) is 25.7. The van der Waals surface area contributed by atoms with Crippen LogP contribution in [0.15, 0.2) is 24.3 Å². The summed E-state index contributed by atoms with van der Waals surface area (Å²) in [7, 11) is 0. The number of esters is 1. The fourth-order valence-electron chi connectivity index (χ4n) is 1.95. The molecule has 1 aromatic heterocycles. The van der Waals surface area contributed by atoms with E-state index < -0.39 is 35.3 Å². The highest BCUT2D eigenvalue weighted by atomic mass is 32.1. The minimum atomic E-state index is -1.19. The molecule has 2 rings (SSSR count). The van der Waals surface area contributed by atoms with Crippen LogP contribution in [0.5, 0.6) is 0 Å². The number of hydrogen-bond donors (Lipinski definition) is 1. The largest absolute Gasteiger partial charge is 0.449 e. The van der Waals surface area contributed by atoms with Gasteiger partial charge in [0.15, 0.2) is 6.10 Å². The molecule has 0 spiro atoms. The number of amides is 1. The van der Waals surface area contributed by atoms with Crippen molar-refractivity contribution in [3.05, 3.63) is 51.2 Å². The summed E-state index contributed by atoms with van der Waals surface area (Å²) in [5, 5.41) is 2.09. The molecule has 2 aromatic rings. The third-order valence-electron chi connectivity index (χ3n) is 3.12. The van der Waals surface area contributed by atoms with E-state index in [1.54, 1.807) is 13.0 Å². The van der Waals surface area contributed by atoms with Crippen molar-refractivity contribution in [2.75, 3.05) is 5.32 Å². The molecule has 0 saturated heterocycles. The Bertz CT molecular complexity index is 738. The highest BCUT2D eigenvalue weighted by Crippen LogP contribution is 2.22. The van der Waals surface area contributed by atoms with Crippen molar-refractivity contribution in [2.24, 2.45) is 0 Å². The predicted molar refractivity (Wildman–Crippen MR) is 83.7 cm³/mol. The van der Waals surface area contributed by atoms with Crippen molar-refractivity contribution in [1.82, 2.24) is 0 Å². The second-order valence-corrected chi connectivity index (χ2v) is 6.42. The van der Waals surface area contributed by atoms with Crippen molar-refractivity contribution in [1.29, 1.82) is 0 Å². The second kappa shape index (κ2) is 6.87. The van der Waals surface area contributed by atoms with Gasteiger partial charge >= 0.3 is 5.97 Å². The summed E-state index contributed by atoms with van der Waals surface area (Å²) < 4.78 is 32.0. The molecule has 1 amide bonds. The standard InChI is InChI=1S/C16H15F2NO3S/c1-8-7-11(10(3)23-8)16(21)22-9(2)15(20)19-14-12(17)5-4-6-13(14)18/h4-7,9H,1-3H3,(H,19,20)/t9-/m1/s1. The summed E-state index contributed by atoms with van der Waals surface area (Å²) >= 11 is 1.44. The zero-order chi connectivity index (χ0) is 17.1. The molecule has 7 heteroatoms. The number of nitrogens with one attached hydrogen (secondary N) is 1. The van der Waals surface area contributed by atoms with E-state index in [9.17, 15) is 18.4 Å². The Labute approximate surface area is 136 Å². The Balaban J connectivity index is 2.06. The van der Waals surface area contributed by atoms with Gasteiger partial charge in [0.25, 0.3) is 5.91 Å². The summed E-state index contributed by atoms with van der Waals surface area (Å²) in [6, 6.07) is 4.90. The van der Waals surface area contributed by atoms with Crippen LogP contribution in [0.3, 0.4) is 0 Å². The average molecular weight is 339 g/mol. The minimum absolute atomic E-state index is 0.379. The number of carbonyl (C=O) groups excluding carboxylic acids is 2. The number of thiophene rings is 1. The van der Waals surface area contributed by atoms with Gasteiger partial charge in [-0.3, -0.25) is 4.79 Å². The van der Waals surface area contributed by atoms with Crippen LogP contribution in [0, 0.1) is 25.5 Å². The molecule has 0 aliphatic carbocycles. The molecule has 4 nitrogen and oxygen atoms in total. The van der Waals surface area contributed by atoms with Gasteiger partial charge in [0.1, 0.15) is 17.3 Å². The Morgan fingerprint density at radius 1 is 1.22 bits per heavy atom. The number of anilines is 1. The topological polar surface area (TPSA) is 55.4 Å². The smallest absolute Gasteiger partial charge is 0.340 e. The molecule has 1 aromatic carbocycles. The molecule has 0 fully saturated rings. The number of para-hydroxylation sites is 1. The molecule has 1 N–H and O–H groups in total. The van der Waals surface area contributed by atoms with E-state index in [1.165, 1.54) is 24.3 Å². The molecular formula is C16H15F2NO3S. The maximum absolute atomic E-state index is 13.5. The number of rotatable bonds is 4. The van der Waals surface area contributed by atoms with Crippen LogP contribution in [0.4, 0.5) is 14.5 Å². The maximum atomic E-state index is 13.5. The molecule has 1 heterocycles. The third kappa shape index (κ3) is 3.92. The van der Waals surface area contributed by atoms with Gasteiger partial charge in [0.05, 0.1) is 5.56 Å². The van der Waals surface area contributed by atoms with Crippen LogP contribution in [0.1, 0.15) is 27.0 Å². The third-order valence-corrected chi connectivity index (χ3v) is 4.09. The number of ether oxygens (including phenoxy) is 1. The van der Waals surface area contributed by atoms with Gasteiger partial charge in [-0.25, -0.2) is 13.6 Å². The van der Waals surface area contributed by atoms with Gasteiger partial charge < -0.3 is 10.1 Å². The van der Waals surface area contributed by atoms with E-state index in [1.807, 2.05) is 6.92 Å². The minimum Gasteiger partial charge on any atom is -0.449 e. The molecule has 23 heavy (non-hydrogen) atoms. The summed E-state index contributed by atoms with van der Waals surface area (Å²) in [5.74, 6) is -3.27. The van der Waals surface area contributed by atoms with Crippen molar-refractivity contribution in [2.45, 2.75) is 26.9 Å². The lowest BCUT2D eigenvalue weighted by Crippen LogP contribution is -2.30. The van der Waals surface area contributed by atoms with E-state index in [2.05, 4.69) is 5.32 Å². The van der Waals surface area contributed by atoms with Gasteiger partial charge in [0.2, 0.25) is 0 Å². The zero-order valence-corrected chi connectivity index (χ0v) is 13.6. The lowest BCUT2D eigenvalue weighted by Gasteiger charge is -2.14. The lowest BCUT2D eigenvalue weighted by molar-refractivity contribution is -0.123. The molecular weight excluding hydrogens is 324 g/mol. The monoisotopic (exact) mass is 339 g/mol. The molecule has 0 bridgehead atoms. The van der Waals surface area contributed by atoms with Gasteiger partial charge in [-0.2, -0.15) is 0 Å². The summed E-state index contributed by atoms with van der Waals surface area (Å²) in [5.41, 5.74) is -0.188. The van der Waals surface area contributed by atoms with Crippen LogP contribution in [0.25, 0.3) is 0 Å². The molecule has 0 radical (unpaired) electrons. The fourth-order valence-corrected chi connectivity index (χ4v) is 2.87. The summed E-state index contributed by atoms with van der Waals surface area (Å²) in [6.07, 6.45) is -1.19. The molecule has 1 atom stereocenters. The van der Waals surface area contributed by atoms with Crippen LogP contribution in [-0.2, 0) is 9.53 Å². The number of halogens is 2. The van der Waals surface area contributed by atoms with Crippen molar-refractivity contribution < 1.29 is 23.1 Å². The highest BCUT2D eigenvalue weighted by Gasteiger charge is 2.23. The maximum Gasteiger partial charge on any atom is 0.340 e. The first-order valence-corrected chi connectivity index (χ1v) is 7.64. The molecule has 0 aliphatic heterocycles. The van der Waals surface area contributed by atoms with Gasteiger partial charge in [-0.15, -0.1) is 11.3 Å². The Kier molecular flexibility index (Phi) is 5.10. The van der Waals surface area contributed by atoms with Crippen LogP contribution >= 0.6 is 11.3 Å². The predicted octanol–water partition coefficient (Wildman–Crippen LogP) is 3.83. The first kappa shape index (κ1) is 17.1. The molecule has 122 valence electrons. The lowest BCUT2D eigenvalue weighted by atomic mass is 10.2. The van der Waals surface area contributed by atoms with Crippen LogP contribution in [-0.4, -0.2) is 18.0 Å². The van der Waals surface area contributed by atoms with E-state index >= 15 is 0 Å². The van der Waals surface area contributed by atoms with E-state index in [0.717, 1.165) is 21.9 Å². The van der Waals surface area contributed by atoms with E-state index in [-0.39, 0.29) is 0 Å². The van der Waals surface area contributed by atoms with E-state index in [4.69, 9.17) is 4.74 Å². The van der Waals surface area contributed by atoms with Crippen LogP contribution in [0.2, 0.25) is 0 Å². The van der Waals surface area contributed by atoms with Crippen LogP contribution < -0.4 is 5.32 Å². The van der Waals surface area contributed by atoms with Gasteiger partial charge in [-0.1, -0.05) is 6.07 Å². The molecule has 0 aliphatic rings. The first-order chi connectivity index (χ1) is 10.8. The van der Waals surface area contributed by atoms with Crippen molar-refractivity contribution in [3.63, 3.8) is 0 Å². The Hall–Kier alpha value is -2.28. The SMILES string of the molecule is Cc1cc(C(=O)O[C@H](C)C(=O)Nc2c(F)cccc2F)c(C)s1. The fraction of sp³-hybridized carbons (Fsp3) is 0.250. The molecule has 0 saturated carbocycles. The summed E-state index contributed by atoms with van der Waals surface area (Å²) in [6.45, 7) is 4.96. The Morgan fingerprint density at radius 2 is 1.83 bits per heavy atom. The number of benzene rings is 1. The van der Waals surface area contributed by atoms with Gasteiger partial charge in [-0.05, 0) is 39.0 Å². The average Bonchev–Trinajstić information content (AvgIpc) is 2.81. The number of hydrogen-bond acceptors (Lipinski definition) is 4. The highest BCUT2D eigenvalue weighted by molar-refractivity contribution is 7.12. The van der Waals surface area contributed by atoms with Crippen molar-refractivity contribution in [3.8, 4) is 0 Å². The second-order valence-electron chi connectivity index (χ2n) is 4.96. The Morgan fingerprint density at radius 3 is 2.35 bits per heavy atom. The number of carbonyl (C=O) groups is 2. The first-order valence-electron chi connectivity index (χ1n) is 6.82. The number of aryl methyl sites for hydroxylation is 2. The zero-order valence-electron chi connectivity index (χ0n) is 12.8. The van der Waals surface area contributed by atoms with Crippen molar-refractivity contribution >= 4 is 28.9 Å². The van der Waals surface area contributed by atoms with Gasteiger partial charge in [0, 0.05) is 9.75 Å². The normalized spacial score (nSPS) is 11.9. The quantitative estimate of drug-likeness (QED) is 0.862.